The quantitative estimate of drug-likeness (QED) is 0.313. The van der Waals surface area contributed by atoms with Crippen LogP contribution in [0.2, 0.25) is 0 Å². The molecule has 0 unspecified atom stereocenters. The molecule has 0 atom stereocenters. The van der Waals surface area contributed by atoms with Crippen LogP contribution in [0.5, 0.6) is 0 Å². The van der Waals surface area contributed by atoms with Gasteiger partial charge in [0.2, 0.25) is 0 Å². The van der Waals surface area contributed by atoms with Crippen molar-refractivity contribution >= 4 is 35.5 Å². The van der Waals surface area contributed by atoms with Gasteiger partial charge in [0.15, 0.2) is 0 Å². The molecule has 31 valence electrons. The second kappa shape index (κ2) is 5.43. The van der Waals surface area contributed by atoms with Gasteiger partial charge in [-0.3, -0.25) is 4.79 Å². The number of rotatable bonds is 0. The molecule has 0 rings (SSSR count). The van der Waals surface area contributed by atoms with Gasteiger partial charge in [-0.25, -0.2) is 0 Å². The Morgan fingerprint density at radius 2 is 2.00 bits per heavy atom. The summed E-state index contributed by atoms with van der Waals surface area (Å²) in [7, 11) is 0. The van der Waals surface area contributed by atoms with Crippen LogP contribution in [-0.4, -0.2) is 35.5 Å². The normalized spacial score (nSPS) is 5.67. The van der Waals surface area contributed by atoms with Crippen LogP contribution in [0.3, 0.4) is 0 Å². The third-order valence-corrected chi connectivity index (χ3v) is 0.166. The summed E-state index contributed by atoms with van der Waals surface area (Å²) in [5.74, 6) is 3.85. The van der Waals surface area contributed by atoms with Crippen molar-refractivity contribution in [1.82, 2.24) is 0 Å². The molecule has 0 saturated heterocycles. The Balaban J connectivity index is 0. The molecule has 0 aromatic heterocycles. The first-order valence-corrected chi connectivity index (χ1v) is 1.14. The average Bonchev–Trinajstić information content (AvgIpc) is 1.38. The predicted octanol–water partition coefficient (Wildman–Crippen LogP) is -0.958. The van der Waals surface area contributed by atoms with Gasteiger partial charge in [-0.2, -0.15) is 5.90 Å². The molecule has 4 heteroatoms. The van der Waals surface area contributed by atoms with E-state index in [0.717, 1.165) is 0 Å². The zero-order valence-electron chi connectivity index (χ0n) is 3.89. The van der Waals surface area contributed by atoms with Gasteiger partial charge in [0.05, 0.1) is 0 Å². The average molecular weight is 98.1 g/mol. The zero-order chi connectivity index (χ0) is 4.28. The molecule has 0 spiro atoms. The molecular weight excluding hydrogens is 93.0 g/mol. The first-order chi connectivity index (χ1) is 2.27. The van der Waals surface area contributed by atoms with E-state index in [2.05, 4.69) is 10.7 Å². The zero-order valence-corrected chi connectivity index (χ0v) is 5.89. The third-order valence-electron chi connectivity index (χ3n) is 0.166. The summed E-state index contributed by atoms with van der Waals surface area (Å²) in [4.78, 5) is 13.1. The SMILES string of the molecule is CC(=O)ON.[Na]. The van der Waals surface area contributed by atoms with Gasteiger partial charge in [0, 0.05) is 36.5 Å². The minimum atomic E-state index is -0.468. The summed E-state index contributed by atoms with van der Waals surface area (Å²) >= 11 is 0. The molecule has 0 aliphatic heterocycles. The fraction of sp³-hybridized carbons (Fsp3) is 0.500. The maximum Gasteiger partial charge on any atom is 0.321 e. The molecule has 0 bridgehead atoms. The second-order valence-electron chi connectivity index (χ2n) is 0.609. The number of nitrogens with two attached hydrogens (primary N) is 1. The first kappa shape index (κ1) is 9.66. The Labute approximate surface area is 58.1 Å². The molecule has 0 aliphatic rings. The Hall–Kier alpha value is 0.430. The van der Waals surface area contributed by atoms with Crippen LogP contribution in [0.25, 0.3) is 0 Å². The Bertz CT molecular complexity index is 46.8. The van der Waals surface area contributed by atoms with Gasteiger partial charge in [-0.05, 0) is 0 Å². The van der Waals surface area contributed by atoms with Crippen LogP contribution in [0.1, 0.15) is 6.92 Å². The van der Waals surface area contributed by atoms with Gasteiger partial charge in [0.1, 0.15) is 0 Å². The molecule has 3 nitrogen and oxygen atoms in total. The summed E-state index contributed by atoms with van der Waals surface area (Å²) in [5, 5.41) is 0. The third kappa shape index (κ3) is 8.83. The van der Waals surface area contributed by atoms with Crippen LogP contribution in [-0.2, 0) is 9.63 Å². The summed E-state index contributed by atoms with van der Waals surface area (Å²) in [6.07, 6.45) is 0. The van der Waals surface area contributed by atoms with Gasteiger partial charge in [0.25, 0.3) is 0 Å². The van der Waals surface area contributed by atoms with Crippen molar-refractivity contribution in [2.75, 3.05) is 0 Å². The van der Waals surface area contributed by atoms with Gasteiger partial charge in [-0.1, -0.05) is 0 Å². The first-order valence-electron chi connectivity index (χ1n) is 1.14. The van der Waals surface area contributed by atoms with Gasteiger partial charge in [-0.15, -0.1) is 0 Å². The molecule has 0 aliphatic carbocycles. The minimum absolute atomic E-state index is 0. The second-order valence-corrected chi connectivity index (χ2v) is 0.609. The van der Waals surface area contributed by atoms with Crippen LogP contribution < -0.4 is 5.90 Å². The Kier molecular flexibility index (Phi) is 8.74. The van der Waals surface area contributed by atoms with Gasteiger partial charge < -0.3 is 4.84 Å². The van der Waals surface area contributed by atoms with Crippen LogP contribution >= 0.6 is 0 Å². The van der Waals surface area contributed by atoms with Crippen molar-refractivity contribution in [3.05, 3.63) is 0 Å². The van der Waals surface area contributed by atoms with Crippen molar-refractivity contribution in [2.45, 2.75) is 6.92 Å². The summed E-state index contributed by atoms with van der Waals surface area (Å²) in [6, 6.07) is 0. The molecule has 6 heavy (non-hydrogen) atoms. The molecule has 0 fully saturated rings. The van der Waals surface area contributed by atoms with Crippen molar-refractivity contribution in [3.63, 3.8) is 0 Å². The topological polar surface area (TPSA) is 52.3 Å². The van der Waals surface area contributed by atoms with Crippen molar-refractivity contribution < 1.29 is 9.63 Å². The van der Waals surface area contributed by atoms with Crippen LogP contribution in [0.15, 0.2) is 0 Å². The monoisotopic (exact) mass is 98.0 g/mol. The fourth-order valence-electron chi connectivity index (χ4n) is 0. The van der Waals surface area contributed by atoms with Crippen molar-refractivity contribution in [3.8, 4) is 0 Å². The molecule has 0 heterocycles. The number of hydrogen-bond donors (Lipinski definition) is 1. The van der Waals surface area contributed by atoms with E-state index in [4.69, 9.17) is 0 Å². The maximum absolute atomic E-state index is 9.47. The molecule has 0 aromatic rings. The molecule has 1 radical (unpaired) electrons. The largest absolute Gasteiger partial charge is 0.374 e. The summed E-state index contributed by atoms with van der Waals surface area (Å²) < 4.78 is 0. The van der Waals surface area contributed by atoms with E-state index in [1.165, 1.54) is 6.92 Å². The fourth-order valence-corrected chi connectivity index (χ4v) is 0. The maximum atomic E-state index is 9.47. The standard InChI is InChI=1S/C2H5NO2.Na/c1-2(4)5-3;/h3H2,1H3;. The Morgan fingerprint density at radius 1 is 1.83 bits per heavy atom. The summed E-state index contributed by atoms with van der Waals surface area (Å²) in [5.41, 5.74) is 0. The van der Waals surface area contributed by atoms with Crippen molar-refractivity contribution in [2.24, 2.45) is 5.90 Å². The van der Waals surface area contributed by atoms with E-state index >= 15 is 0 Å². The molecule has 0 saturated carbocycles. The number of carbonyl (C=O) groups excluding carboxylic acids is 1. The number of carbonyl (C=O) groups is 1. The van der Waals surface area contributed by atoms with E-state index in [1.54, 1.807) is 0 Å². The van der Waals surface area contributed by atoms with Crippen LogP contribution in [0, 0.1) is 0 Å². The van der Waals surface area contributed by atoms with Crippen molar-refractivity contribution in [1.29, 1.82) is 0 Å². The molecule has 2 N–H and O–H groups in total. The van der Waals surface area contributed by atoms with E-state index in [-0.39, 0.29) is 29.6 Å². The van der Waals surface area contributed by atoms with E-state index < -0.39 is 5.97 Å². The van der Waals surface area contributed by atoms with Crippen LogP contribution in [0.4, 0.5) is 0 Å². The summed E-state index contributed by atoms with van der Waals surface area (Å²) in [6.45, 7) is 1.24. The molecule has 0 aromatic carbocycles. The van der Waals surface area contributed by atoms with Gasteiger partial charge >= 0.3 is 5.97 Å². The van der Waals surface area contributed by atoms with E-state index in [0.29, 0.717) is 0 Å². The molecule has 0 amide bonds. The van der Waals surface area contributed by atoms with E-state index in [1.807, 2.05) is 0 Å². The minimum Gasteiger partial charge on any atom is -0.374 e. The smallest absolute Gasteiger partial charge is 0.321 e. The van der Waals surface area contributed by atoms with E-state index in [9.17, 15) is 4.79 Å². The number of hydrogen-bond acceptors (Lipinski definition) is 3. The predicted molar refractivity (Wildman–Crippen MR) is 21.7 cm³/mol. The molecular formula is C2H5NNaO2. The Morgan fingerprint density at radius 3 is 2.00 bits per heavy atom.